The summed E-state index contributed by atoms with van der Waals surface area (Å²) in [6, 6.07) is 5.54. The number of fused-ring (bicyclic) bond motifs is 2. The molecule has 0 fully saturated rings. The number of hydrogen-bond donors (Lipinski definition) is 3. The number of nitrogens with one attached hydrogen (secondary N) is 3. The summed E-state index contributed by atoms with van der Waals surface area (Å²) in [6.07, 6.45) is 3.71. The minimum atomic E-state index is -0.168. The van der Waals surface area contributed by atoms with Gasteiger partial charge in [-0.3, -0.25) is 4.79 Å². The molecule has 0 aromatic carbocycles. The fourth-order valence-corrected chi connectivity index (χ4v) is 2.94. The zero-order valence-electron chi connectivity index (χ0n) is 12.9. The number of carbonyl (C=O) groups is 1. The largest absolute Gasteiger partial charge is 0.354 e. The molecule has 1 aliphatic heterocycles. The van der Waals surface area contributed by atoms with Crippen molar-refractivity contribution in [3.8, 4) is 0 Å². The molecule has 1 aliphatic rings. The third-order valence-corrected chi connectivity index (χ3v) is 4.05. The lowest BCUT2D eigenvalue weighted by Crippen LogP contribution is -2.16. The minimum Gasteiger partial charge on any atom is -0.354 e. The van der Waals surface area contributed by atoms with Crippen LogP contribution in [-0.4, -0.2) is 32.0 Å². The van der Waals surface area contributed by atoms with Crippen LogP contribution in [-0.2, 0) is 13.0 Å². The van der Waals surface area contributed by atoms with Crippen LogP contribution in [0.3, 0.4) is 0 Å². The Kier molecular flexibility index (Phi) is 3.34. The smallest absolute Gasteiger partial charge is 0.273 e. The lowest BCUT2D eigenvalue weighted by molar-refractivity contribution is 0.102. The van der Waals surface area contributed by atoms with Gasteiger partial charge >= 0.3 is 0 Å². The summed E-state index contributed by atoms with van der Waals surface area (Å²) in [5, 5.41) is 10.6. The summed E-state index contributed by atoms with van der Waals surface area (Å²) >= 11 is 0. The summed E-state index contributed by atoms with van der Waals surface area (Å²) in [5.41, 5.74) is 4.47. The quantitative estimate of drug-likeness (QED) is 0.672. The summed E-state index contributed by atoms with van der Waals surface area (Å²) < 4.78 is 1.64. The maximum Gasteiger partial charge on any atom is 0.273 e. The number of aromatic nitrogens is 4. The average Bonchev–Trinajstić information content (AvgIpc) is 3.04. The molecule has 3 aromatic heterocycles. The van der Waals surface area contributed by atoms with Gasteiger partial charge < -0.3 is 15.6 Å². The highest BCUT2D eigenvalue weighted by molar-refractivity contribution is 6.02. The Bertz CT molecular complexity index is 854. The number of anilines is 1. The van der Waals surface area contributed by atoms with Crippen LogP contribution in [0.1, 0.15) is 33.9 Å². The molecule has 0 bridgehead atoms. The molecular formula is C16H18N6O. The van der Waals surface area contributed by atoms with Gasteiger partial charge in [0.05, 0.1) is 5.69 Å². The first-order valence-corrected chi connectivity index (χ1v) is 7.75. The van der Waals surface area contributed by atoms with Gasteiger partial charge in [0.25, 0.3) is 5.91 Å². The SMILES string of the molecule is Cc1cc2nccc(NC(=O)c3cc4c([nH]3)CCCNC4)n2n1. The average molecular weight is 310 g/mol. The monoisotopic (exact) mass is 310 g/mol. The number of aromatic amines is 1. The maximum absolute atomic E-state index is 12.5. The molecule has 4 heterocycles. The van der Waals surface area contributed by atoms with Crippen molar-refractivity contribution in [3.05, 3.63) is 47.0 Å². The van der Waals surface area contributed by atoms with E-state index in [1.54, 1.807) is 16.8 Å². The lowest BCUT2D eigenvalue weighted by atomic mass is 10.2. The molecule has 0 unspecified atom stereocenters. The van der Waals surface area contributed by atoms with Gasteiger partial charge in [-0.2, -0.15) is 9.61 Å². The molecule has 7 heteroatoms. The first-order valence-electron chi connectivity index (χ1n) is 7.75. The van der Waals surface area contributed by atoms with Gasteiger partial charge in [0, 0.05) is 24.5 Å². The highest BCUT2D eigenvalue weighted by Gasteiger charge is 2.16. The van der Waals surface area contributed by atoms with Gasteiger partial charge in [0.15, 0.2) is 5.65 Å². The summed E-state index contributed by atoms with van der Waals surface area (Å²) in [6.45, 7) is 3.71. The van der Waals surface area contributed by atoms with Gasteiger partial charge in [-0.15, -0.1) is 0 Å². The van der Waals surface area contributed by atoms with Gasteiger partial charge in [-0.05, 0) is 44.0 Å². The number of H-pyrrole nitrogens is 1. The zero-order valence-corrected chi connectivity index (χ0v) is 12.9. The predicted molar refractivity (Wildman–Crippen MR) is 86.5 cm³/mol. The van der Waals surface area contributed by atoms with Crippen LogP contribution in [0, 0.1) is 6.92 Å². The second-order valence-corrected chi connectivity index (χ2v) is 5.81. The number of amides is 1. The molecule has 0 saturated heterocycles. The van der Waals surface area contributed by atoms with E-state index in [2.05, 4.69) is 25.7 Å². The number of rotatable bonds is 2. The molecule has 0 saturated carbocycles. The Morgan fingerprint density at radius 3 is 3.22 bits per heavy atom. The second kappa shape index (κ2) is 5.51. The molecule has 3 N–H and O–H groups in total. The van der Waals surface area contributed by atoms with E-state index in [1.165, 1.54) is 5.56 Å². The first-order chi connectivity index (χ1) is 11.2. The maximum atomic E-state index is 12.5. The van der Waals surface area contributed by atoms with E-state index in [0.29, 0.717) is 17.2 Å². The number of nitrogens with zero attached hydrogens (tertiary/aromatic N) is 3. The van der Waals surface area contributed by atoms with Crippen LogP contribution in [0.2, 0.25) is 0 Å². The Hall–Kier alpha value is -2.67. The van der Waals surface area contributed by atoms with E-state index < -0.39 is 0 Å². The van der Waals surface area contributed by atoms with E-state index >= 15 is 0 Å². The molecule has 7 nitrogen and oxygen atoms in total. The molecule has 3 aromatic rings. The number of hydrogen-bond acceptors (Lipinski definition) is 4. The highest BCUT2D eigenvalue weighted by atomic mass is 16.2. The third kappa shape index (κ3) is 2.59. The van der Waals surface area contributed by atoms with E-state index in [-0.39, 0.29) is 5.91 Å². The number of aryl methyl sites for hydroxylation is 2. The molecule has 0 aliphatic carbocycles. The van der Waals surface area contributed by atoms with Gasteiger partial charge in [-0.25, -0.2) is 4.98 Å². The fraction of sp³-hybridized carbons (Fsp3) is 0.312. The predicted octanol–water partition coefficient (Wildman–Crippen LogP) is 1.65. The van der Waals surface area contributed by atoms with Gasteiger partial charge in [0.1, 0.15) is 11.5 Å². The highest BCUT2D eigenvalue weighted by Crippen LogP contribution is 2.17. The van der Waals surface area contributed by atoms with Crippen molar-refractivity contribution in [2.24, 2.45) is 0 Å². The van der Waals surface area contributed by atoms with Gasteiger partial charge in [-0.1, -0.05) is 0 Å². The van der Waals surface area contributed by atoms with Gasteiger partial charge in [0.2, 0.25) is 0 Å². The third-order valence-electron chi connectivity index (χ3n) is 4.05. The van der Waals surface area contributed by atoms with Crippen LogP contribution in [0.4, 0.5) is 5.82 Å². The first kappa shape index (κ1) is 14.0. The second-order valence-electron chi connectivity index (χ2n) is 5.81. The van der Waals surface area contributed by atoms with Crippen LogP contribution < -0.4 is 10.6 Å². The molecule has 0 spiro atoms. The zero-order chi connectivity index (χ0) is 15.8. The van der Waals surface area contributed by atoms with Crippen LogP contribution >= 0.6 is 0 Å². The fourth-order valence-electron chi connectivity index (χ4n) is 2.94. The van der Waals surface area contributed by atoms with Crippen molar-refractivity contribution in [3.63, 3.8) is 0 Å². The van der Waals surface area contributed by atoms with Crippen molar-refractivity contribution in [2.45, 2.75) is 26.3 Å². The molecule has 4 rings (SSSR count). The Morgan fingerprint density at radius 2 is 2.30 bits per heavy atom. The Morgan fingerprint density at radius 1 is 1.39 bits per heavy atom. The van der Waals surface area contributed by atoms with Crippen LogP contribution in [0.15, 0.2) is 24.4 Å². The van der Waals surface area contributed by atoms with E-state index in [9.17, 15) is 4.79 Å². The molecule has 23 heavy (non-hydrogen) atoms. The molecule has 1 amide bonds. The Labute approximate surface area is 133 Å². The number of carbonyl (C=O) groups excluding carboxylic acids is 1. The minimum absolute atomic E-state index is 0.168. The molecule has 0 atom stereocenters. The van der Waals surface area contributed by atoms with Crippen molar-refractivity contribution >= 4 is 17.4 Å². The van der Waals surface area contributed by atoms with E-state index in [0.717, 1.165) is 37.3 Å². The Balaban J connectivity index is 1.62. The summed E-state index contributed by atoms with van der Waals surface area (Å²) in [4.78, 5) is 20.0. The van der Waals surface area contributed by atoms with Crippen molar-refractivity contribution < 1.29 is 4.79 Å². The van der Waals surface area contributed by atoms with Crippen LogP contribution in [0.5, 0.6) is 0 Å². The topological polar surface area (TPSA) is 87.1 Å². The molecular weight excluding hydrogens is 292 g/mol. The van der Waals surface area contributed by atoms with Crippen molar-refractivity contribution in [1.82, 2.24) is 24.9 Å². The molecule has 0 radical (unpaired) electrons. The normalized spacial score (nSPS) is 14.5. The van der Waals surface area contributed by atoms with Crippen molar-refractivity contribution in [2.75, 3.05) is 11.9 Å². The molecule has 118 valence electrons. The standard InChI is InChI=1S/C16H18N6O/c1-10-7-15-18-6-4-14(22(15)21-10)20-16(23)13-8-11-9-17-5-2-3-12(11)19-13/h4,6-8,17,19H,2-3,5,9H2,1H3,(H,20,23). The van der Waals surface area contributed by atoms with E-state index in [1.807, 2.05) is 19.1 Å². The van der Waals surface area contributed by atoms with Crippen LogP contribution in [0.25, 0.3) is 5.65 Å². The van der Waals surface area contributed by atoms with Crippen molar-refractivity contribution in [1.29, 1.82) is 0 Å². The summed E-state index contributed by atoms with van der Waals surface area (Å²) in [7, 11) is 0. The lowest BCUT2D eigenvalue weighted by Gasteiger charge is -2.05. The summed E-state index contributed by atoms with van der Waals surface area (Å²) in [5.74, 6) is 0.440. The van der Waals surface area contributed by atoms with E-state index in [4.69, 9.17) is 0 Å².